The van der Waals surface area contributed by atoms with Crippen molar-refractivity contribution >= 4 is 43.7 Å². The minimum Gasteiger partial charge on any atom is -0.433 e. The van der Waals surface area contributed by atoms with Crippen LogP contribution in [0.4, 0.5) is 0 Å². The van der Waals surface area contributed by atoms with E-state index >= 15 is 0 Å². The van der Waals surface area contributed by atoms with Gasteiger partial charge in [0, 0.05) is 5.56 Å². The van der Waals surface area contributed by atoms with Crippen molar-refractivity contribution in [3.8, 4) is 0 Å². The van der Waals surface area contributed by atoms with E-state index in [2.05, 4.69) is 37.2 Å². The van der Waals surface area contributed by atoms with Crippen LogP contribution in [0.15, 0.2) is 39.3 Å². The summed E-state index contributed by atoms with van der Waals surface area (Å²) in [5, 5.41) is 2.59. The molecule has 1 aromatic rings. The first kappa shape index (κ1) is 12.3. The van der Waals surface area contributed by atoms with E-state index in [1.165, 1.54) is 0 Å². The van der Waals surface area contributed by atoms with Gasteiger partial charge in [0.25, 0.3) is 5.91 Å². The number of ether oxygens (including phenoxy) is 1. The number of benzene rings is 1. The molecule has 1 aliphatic heterocycles. The molecule has 17 heavy (non-hydrogen) atoms. The van der Waals surface area contributed by atoms with E-state index in [0.717, 1.165) is 0 Å². The van der Waals surface area contributed by atoms with Gasteiger partial charge in [-0.1, -0.05) is 18.2 Å². The summed E-state index contributed by atoms with van der Waals surface area (Å²) in [6, 6.07) is 8.70. The molecule has 4 nitrogen and oxygen atoms in total. The molecular weight excluding hydrogens is 354 g/mol. The Labute approximate surface area is 114 Å². The largest absolute Gasteiger partial charge is 0.433 e. The van der Waals surface area contributed by atoms with Gasteiger partial charge in [0.1, 0.15) is 4.48 Å². The first-order valence-electron chi connectivity index (χ1n) is 4.71. The summed E-state index contributed by atoms with van der Waals surface area (Å²) >= 11 is 6.25. The van der Waals surface area contributed by atoms with E-state index in [0.29, 0.717) is 10.0 Å². The van der Waals surface area contributed by atoms with Gasteiger partial charge < -0.3 is 10.1 Å². The standard InChI is InChI=1S/C11H7Br2NO3/c12-7-8(13)11(16)17-10(7)14-9(15)6-4-2-1-3-5-6/h1-5,10H,(H,14,15)/t10-/m1/s1. The number of rotatable bonds is 2. The molecule has 0 unspecified atom stereocenters. The number of hydrogen-bond acceptors (Lipinski definition) is 3. The van der Waals surface area contributed by atoms with Gasteiger partial charge in [-0.05, 0) is 44.0 Å². The molecule has 1 atom stereocenters. The summed E-state index contributed by atoms with van der Waals surface area (Å²) in [4.78, 5) is 23.0. The second kappa shape index (κ2) is 5.01. The van der Waals surface area contributed by atoms with E-state index in [-0.39, 0.29) is 10.4 Å². The molecule has 6 heteroatoms. The molecule has 1 N–H and O–H groups in total. The van der Waals surface area contributed by atoms with Gasteiger partial charge in [-0.15, -0.1) is 0 Å². The topological polar surface area (TPSA) is 55.4 Å². The Hall–Kier alpha value is -1.14. The summed E-state index contributed by atoms with van der Waals surface area (Å²) < 4.78 is 5.71. The van der Waals surface area contributed by atoms with Crippen LogP contribution in [0.2, 0.25) is 0 Å². The Morgan fingerprint density at radius 3 is 2.41 bits per heavy atom. The van der Waals surface area contributed by atoms with Gasteiger partial charge in [-0.25, -0.2) is 4.79 Å². The van der Waals surface area contributed by atoms with Crippen molar-refractivity contribution in [2.75, 3.05) is 0 Å². The molecule has 0 aliphatic carbocycles. The van der Waals surface area contributed by atoms with E-state index < -0.39 is 12.2 Å². The van der Waals surface area contributed by atoms with Crippen molar-refractivity contribution in [2.45, 2.75) is 6.23 Å². The fraction of sp³-hybridized carbons (Fsp3) is 0.0909. The molecule has 1 amide bonds. The van der Waals surface area contributed by atoms with Crippen LogP contribution in [0.5, 0.6) is 0 Å². The molecule has 88 valence electrons. The van der Waals surface area contributed by atoms with Gasteiger partial charge in [0.15, 0.2) is 0 Å². The van der Waals surface area contributed by atoms with Crippen molar-refractivity contribution in [3.63, 3.8) is 0 Å². The van der Waals surface area contributed by atoms with Crippen LogP contribution < -0.4 is 5.32 Å². The first-order chi connectivity index (χ1) is 8.09. The summed E-state index contributed by atoms with van der Waals surface area (Å²) in [5.41, 5.74) is 0.506. The van der Waals surface area contributed by atoms with Crippen LogP contribution in [0, 0.1) is 0 Å². The zero-order valence-electron chi connectivity index (χ0n) is 8.44. The Morgan fingerprint density at radius 2 is 1.88 bits per heavy atom. The summed E-state index contributed by atoms with van der Waals surface area (Å²) in [6.45, 7) is 0. The van der Waals surface area contributed by atoms with E-state index in [9.17, 15) is 9.59 Å². The predicted octanol–water partition coefficient (Wildman–Crippen LogP) is 2.30. The van der Waals surface area contributed by atoms with Gasteiger partial charge >= 0.3 is 5.97 Å². The average Bonchev–Trinajstić information content (AvgIpc) is 2.58. The van der Waals surface area contributed by atoms with Gasteiger partial charge in [-0.2, -0.15) is 0 Å². The highest BCUT2D eigenvalue weighted by molar-refractivity contribution is 9.14. The Kier molecular flexibility index (Phi) is 3.63. The summed E-state index contributed by atoms with van der Waals surface area (Å²) in [6.07, 6.45) is -0.774. The molecule has 0 bridgehead atoms. The molecule has 2 rings (SSSR count). The summed E-state index contributed by atoms with van der Waals surface area (Å²) in [5.74, 6) is -0.808. The van der Waals surface area contributed by atoms with Gasteiger partial charge in [0.05, 0.1) is 4.48 Å². The van der Waals surface area contributed by atoms with E-state index in [4.69, 9.17) is 4.74 Å². The van der Waals surface area contributed by atoms with Crippen LogP contribution in [-0.4, -0.2) is 18.1 Å². The fourth-order valence-corrected chi connectivity index (χ4v) is 1.98. The number of carbonyl (C=O) groups is 2. The van der Waals surface area contributed by atoms with Crippen LogP contribution in [-0.2, 0) is 9.53 Å². The Morgan fingerprint density at radius 1 is 1.24 bits per heavy atom. The number of esters is 1. The highest BCUT2D eigenvalue weighted by atomic mass is 79.9. The third-order valence-corrected chi connectivity index (χ3v) is 4.24. The zero-order valence-corrected chi connectivity index (χ0v) is 11.6. The average molecular weight is 361 g/mol. The minimum absolute atomic E-state index is 0.288. The lowest BCUT2D eigenvalue weighted by atomic mass is 10.2. The lowest BCUT2D eigenvalue weighted by molar-refractivity contribution is -0.139. The van der Waals surface area contributed by atoms with Gasteiger partial charge in [0.2, 0.25) is 6.23 Å². The lowest BCUT2D eigenvalue weighted by Crippen LogP contribution is -2.35. The number of halogens is 2. The maximum absolute atomic E-state index is 11.8. The molecule has 0 spiro atoms. The lowest BCUT2D eigenvalue weighted by Gasteiger charge is -2.12. The number of nitrogens with one attached hydrogen (secondary N) is 1. The van der Waals surface area contributed by atoms with Crippen LogP contribution >= 0.6 is 31.9 Å². The normalized spacial score (nSPS) is 19.2. The van der Waals surface area contributed by atoms with E-state index in [1.54, 1.807) is 24.3 Å². The van der Waals surface area contributed by atoms with Crippen LogP contribution in [0.1, 0.15) is 10.4 Å². The maximum Gasteiger partial charge on any atom is 0.348 e. The third kappa shape index (κ3) is 2.58. The smallest absolute Gasteiger partial charge is 0.348 e. The Bertz CT molecular complexity index is 499. The second-order valence-corrected chi connectivity index (χ2v) is 4.93. The SMILES string of the molecule is O=C1O[C@@H](NC(=O)c2ccccc2)C(Br)=C1Br. The molecule has 0 aromatic heterocycles. The number of amides is 1. The van der Waals surface area contributed by atoms with Crippen molar-refractivity contribution in [2.24, 2.45) is 0 Å². The number of carbonyl (C=O) groups excluding carboxylic acids is 2. The quantitative estimate of drug-likeness (QED) is 0.823. The molecule has 1 heterocycles. The zero-order chi connectivity index (χ0) is 12.4. The molecule has 1 aromatic carbocycles. The minimum atomic E-state index is -0.774. The molecule has 0 saturated carbocycles. The van der Waals surface area contributed by atoms with Gasteiger partial charge in [-0.3, -0.25) is 4.79 Å². The fourth-order valence-electron chi connectivity index (χ4n) is 1.31. The van der Waals surface area contributed by atoms with Crippen LogP contribution in [0.3, 0.4) is 0 Å². The van der Waals surface area contributed by atoms with Crippen molar-refractivity contribution in [3.05, 3.63) is 44.9 Å². The highest BCUT2D eigenvalue weighted by Gasteiger charge is 2.32. The number of hydrogen-bond donors (Lipinski definition) is 1. The highest BCUT2D eigenvalue weighted by Crippen LogP contribution is 2.30. The summed E-state index contributed by atoms with van der Waals surface area (Å²) in [7, 11) is 0. The molecule has 0 saturated heterocycles. The molecular formula is C11H7Br2NO3. The predicted molar refractivity (Wildman–Crippen MR) is 68.7 cm³/mol. The second-order valence-electron chi connectivity index (χ2n) is 3.29. The first-order valence-corrected chi connectivity index (χ1v) is 6.30. The molecule has 0 radical (unpaired) electrons. The monoisotopic (exact) mass is 359 g/mol. The molecule has 0 fully saturated rings. The third-order valence-electron chi connectivity index (χ3n) is 2.14. The maximum atomic E-state index is 11.8. The molecule has 1 aliphatic rings. The number of cyclic esters (lactones) is 1. The Balaban J connectivity index is 2.09. The van der Waals surface area contributed by atoms with Crippen molar-refractivity contribution in [1.29, 1.82) is 0 Å². The van der Waals surface area contributed by atoms with Crippen molar-refractivity contribution < 1.29 is 14.3 Å². The van der Waals surface area contributed by atoms with E-state index in [1.807, 2.05) is 6.07 Å². The van der Waals surface area contributed by atoms with Crippen LogP contribution in [0.25, 0.3) is 0 Å². The van der Waals surface area contributed by atoms with Crippen molar-refractivity contribution in [1.82, 2.24) is 5.32 Å².